The molecule has 0 aliphatic carbocycles. The minimum absolute atomic E-state index is 0.201. The molecule has 0 fully saturated rings. The maximum absolute atomic E-state index is 9.33. The number of rotatable bonds is 1. The first-order valence-electron chi connectivity index (χ1n) is 4.14. The van der Waals surface area contributed by atoms with Gasteiger partial charge in [-0.1, -0.05) is 12.1 Å². The fourth-order valence-corrected chi connectivity index (χ4v) is 2.24. The number of nitrogens with zero attached hydrogens (tertiary/aromatic N) is 2. The second-order valence-electron chi connectivity index (χ2n) is 2.89. The van der Waals surface area contributed by atoms with Crippen LogP contribution in [0.15, 0.2) is 39.5 Å². The molecule has 5 heteroatoms. The van der Waals surface area contributed by atoms with E-state index in [-0.39, 0.29) is 5.75 Å². The van der Waals surface area contributed by atoms with E-state index in [2.05, 4.69) is 41.8 Å². The summed E-state index contributed by atoms with van der Waals surface area (Å²) in [6.45, 7) is 0. The van der Waals surface area contributed by atoms with Gasteiger partial charge in [0.25, 0.3) is 0 Å². The molecule has 0 aliphatic heterocycles. The Balaban J connectivity index is 2.54. The van der Waals surface area contributed by atoms with E-state index in [0.29, 0.717) is 15.0 Å². The van der Waals surface area contributed by atoms with Crippen LogP contribution in [0, 0.1) is 0 Å². The van der Waals surface area contributed by atoms with Gasteiger partial charge in [-0.3, -0.25) is 0 Å². The number of aromatic hydroxyl groups is 1. The van der Waals surface area contributed by atoms with Gasteiger partial charge in [-0.2, -0.15) is 0 Å². The van der Waals surface area contributed by atoms with E-state index < -0.39 is 0 Å². The van der Waals surface area contributed by atoms with Crippen LogP contribution in [0.2, 0.25) is 0 Å². The molecular weight excluding hydrogens is 324 g/mol. The minimum atomic E-state index is 0.201. The van der Waals surface area contributed by atoms with Crippen molar-refractivity contribution >= 4 is 31.9 Å². The van der Waals surface area contributed by atoms with Crippen molar-refractivity contribution in [1.82, 2.24) is 9.97 Å². The first-order valence-corrected chi connectivity index (χ1v) is 5.73. The van der Waals surface area contributed by atoms with Crippen LogP contribution < -0.4 is 0 Å². The second-order valence-corrected chi connectivity index (χ2v) is 4.51. The first kappa shape index (κ1) is 10.6. The second kappa shape index (κ2) is 4.28. The Labute approximate surface area is 103 Å². The number of aromatic nitrogens is 2. The van der Waals surface area contributed by atoms with Crippen LogP contribution in [0.25, 0.3) is 11.4 Å². The van der Waals surface area contributed by atoms with E-state index in [0.717, 1.165) is 5.56 Å². The van der Waals surface area contributed by atoms with Crippen LogP contribution in [0.3, 0.4) is 0 Å². The third-order valence-electron chi connectivity index (χ3n) is 1.77. The van der Waals surface area contributed by atoms with E-state index in [1.54, 1.807) is 24.3 Å². The molecule has 0 amide bonds. The molecule has 0 saturated heterocycles. The van der Waals surface area contributed by atoms with Gasteiger partial charge >= 0.3 is 0 Å². The third-order valence-corrected chi connectivity index (χ3v) is 2.58. The molecule has 0 spiro atoms. The van der Waals surface area contributed by atoms with E-state index in [1.165, 1.54) is 0 Å². The highest BCUT2D eigenvalue weighted by Gasteiger charge is 2.04. The summed E-state index contributed by atoms with van der Waals surface area (Å²) in [5.41, 5.74) is 0.775. The minimum Gasteiger partial charge on any atom is -0.508 e. The summed E-state index contributed by atoms with van der Waals surface area (Å²) in [6, 6.07) is 8.58. The molecule has 0 bridgehead atoms. The van der Waals surface area contributed by atoms with Gasteiger partial charge in [0.1, 0.15) is 15.0 Å². The molecule has 0 aliphatic rings. The Kier molecular flexibility index (Phi) is 3.02. The molecular formula is C10H6Br2N2O. The summed E-state index contributed by atoms with van der Waals surface area (Å²) < 4.78 is 1.39. The van der Waals surface area contributed by atoms with Gasteiger partial charge in [0, 0.05) is 11.6 Å². The maximum Gasteiger partial charge on any atom is 0.161 e. The molecule has 1 aromatic heterocycles. The Morgan fingerprint density at radius 1 is 1.00 bits per heavy atom. The summed E-state index contributed by atoms with van der Waals surface area (Å²) in [4.78, 5) is 8.42. The van der Waals surface area contributed by atoms with Crippen molar-refractivity contribution in [3.05, 3.63) is 39.5 Å². The van der Waals surface area contributed by atoms with Crippen LogP contribution in [0.1, 0.15) is 0 Å². The molecule has 0 unspecified atom stereocenters. The predicted octanol–water partition coefficient (Wildman–Crippen LogP) is 3.37. The first-order chi connectivity index (χ1) is 7.15. The smallest absolute Gasteiger partial charge is 0.161 e. The quantitative estimate of drug-likeness (QED) is 0.816. The Morgan fingerprint density at radius 3 is 2.27 bits per heavy atom. The molecule has 0 radical (unpaired) electrons. The maximum atomic E-state index is 9.33. The van der Waals surface area contributed by atoms with Gasteiger partial charge in [-0.15, -0.1) is 0 Å². The van der Waals surface area contributed by atoms with Crippen LogP contribution in [-0.2, 0) is 0 Å². The van der Waals surface area contributed by atoms with Gasteiger partial charge in [-0.25, -0.2) is 9.97 Å². The van der Waals surface area contributed by atoms with Crippen LogP contribution in [0.4, 0.5) is 0 Å². The third kappa shape index (κ3) is 2.54. The highest BCUT2D eigenvalue weighted by molar-refractivity contribution is 9.11. The highest BCUT2D eigenvalue weighted by atomic mass is 79.9. The normalized spacial score (nSPS) is 10.3. The molecule has 3 nitrogen and oxygen atoms in total. The molecule has 0 atom stereocenters. The summed E-state index contributed by atoms with van der Waals surface area (Å²) in [6.07, 6.45) is 0. The van der Waals surface area contributed by atoms with Crippen molar-refractivity contribution < 1.29 is 5.11 Å². The molecule has 15 heavy (non-hydrogen) atoms. The molecule has 1 aromatic carbocycles. The summed E-state index contributed by atoms with van der Waals surface area (Å²) >= 11 is 6.57. The van der Waals surface area contributed by atoms with Gasteiger partial charge in [0.05, 0.1) is 0 Å². The van der Waals surface area contributed by atoms with Crippen molar-refractivity contribution in [3.63, 3.8) is 0 Å². The van der Waals surface area contributed by atoms with E-state index in [1.807, 2.05) is 6.07 Å². The lowest BCUT2D eigenvalue weighted by Crippen LogP contribution is -1.89. The van der Waals surface area contributed by atoms with Gasteiger partial charge in [0.2, 0.25) is 0 Å². The van der Waals surface area contributed by atoms with Crippen molar-refractivity contribution in [2.45, 2.75) is 0 Å². The lowest BCUT2D eigenvalue weighted by molar-refractivity contribution is 0.475. The SMILES string of the molecule is Oc1cccc(-c2nc(Br)cc(Br)n2)c1. The zero-order valence-electron chi connectivity index (χ0n) is 7.48. The van der Waals surface area contributed by atoms with Crippen molar-refractivity contribution in [3.8, 4) is 17.1 Å². The number of halogens is 2. The van der Waals surface area contributed by atoms with E-state index >= 15 is 0 Å². The summed E-state index contributed by atoms with van der Waals surface area (Å²) in [5, 5.41) is 9.33. The zero-order chi connectivity index (χ0) is 10.8. The van der Waals surface area contributed by atoms with Crippen molar-refractivity contribution in [1.29, 1.82) is 0 Å². The Bertz CT molecular complexity index is 482. The predicted molar refractivity (Wildman–Crippen MR) is 64.5 cm³/mol. The number of hydrogen-bond donors (Lipinski definition) is 1. The van der Waals surface area contributed by atoms with Gasteiger partial charge < -0.3 is 5.11 Å². The molecule has 2 aromatic rings. The lowest BCUT2D eigenvalue weighted by Gasteiger charge is -2.01. The van der Waals surface area contributed by atoms with Crippen LogP contribution in [-0.4, -0.2) is 15.1 Å². The number of benzene rings is 1. The molecule has 2 rings (SSSR count). The Morgan fingerprint density at radius 2 is 1.67 bits per heavy atom. The topological polar surface area (TPSA) is 46.0 Å². The van der Waals surface area contributed by atoms with Crippen LogP contribution >= 0.6 is 31.9 Å². The van der Waals surface area contributed by atoms with Crippen molar-refractivity contribution in [2.24, 2.45) is 0 Å². The highest BCUT2D eigenvalue weighted by Crippen LogP contribution is 2.23. The number of hydrogen-bond acceptors (Lipinski definition) is 3. The number of phenolic OH excluding ortho intramolecular Hbond substituents is 1. The molecule has 0 saturated carbocycles. The summed E-state index contributed by atoms with van der Waals surface area (Å²) in [5.74, 6) is 0.763. The molecule has 1 N–H and O–H groups in total. The van der Waals surface area contributed by atoms with Crippen molar-refractivity contribution in [2.75, 3.05) is 0 Å². The monoisotopic (exact) mass is 328 g/mol. The van der Waals surface area contributed by atoms with E-state index in [9.17, 15) is 5.11 Å². The zero-order valence-corrected chi connectivity index (χ0v) is 10.7. The molecule has 76 valence electrons. The Hall–Kier alpha value is -0.940. The van der Waals surface area contributed by atoms with Crippen LogP contribution in [0.5, 0.6) is 5.75 Å². The van der Waals surface area contributed by atoms with Gasteiger partial charge in [-0.05, 0) is 44.0 Å². The number of phenols is 1. The van der Waals surface area contributed by atoms with E-state index in [4.69, 9.17) is 0 Å². The lowest BCUT2D eigenvalue weighted by atomic mass is 10.2. The average molecular weight is 330 g/mol. The fourth-order valence-electron chi connectivity index (χ4n) is 1.16. The summed E-state index contributed by atoms with van der Waals surface area (Å²) in [7, 11) is 0. The molecule has 1 heterocycles. The van der Waals surface area contributed by atoms with Gasteiger partial charge in [0.15, 0.2) is 5.82 Å². The largest absolute Gasteiger partial charge is 0.508 e. The average Bonchev–Trinajstić information content (AvgIpc) is 2.16. The fraction of sp³-hybridized carbons (Fsp3) is 0. The standard InChI is InChI=1S/C10H6Br2N2O/c11-8-5-9(12)14-10(13-8)6-2-1-3-7(15)4-6/h1-5,15H.